The molecule has 0 fully saturated rings. The zero-order valence-electron chi connectivity index (χ0n) is 21.9. The molecular formula is C26H36BF4N3O2. The summed E-state index contributed by atoms with van der Waals surface area (Å²) < 4.78 is 45.2. The van der Waals surface area contributed by atoms with Gasteiger partial charge in [-0.3, -0.25) is 4.79 Å². The predicted octanol–water partition coefficient (Wildman–Crippen LogP) is 8.05. The van der Waals surface area contributed by atoms with Crippen LogP contribution in [-0.4, -0.2) is 26.3 Å². The van der Waals surface area contributed by atoms with Gasteiger partial charge in [-0.2, -0.15) is 0 Å². The van der Waals surface area contributed by atoms with Gasteiger partial charge in [0.15, 0.2) is 4.98 Å². The first-order valence-electron chi connectivity index (χ1n) is 12.0. The van der Waals surface area contributed by atoms with Gasteiger partial charge in [0, 0.05) is 29.8 Å². The smallest absolute Gasteiger partial charge is 0.493 e. The first-order valence-corrected chi connectivity index (χ1v) is 12.0. The number of carbonyl (C=O) groups excluding carboxylic acids is 1. The molecule has 2 aromatic rings. The molecule has 0 aliphatic rings. The Hall–Kier alpha value is -3.09. The molecule has 1 N–H and O–H groups in total. The molecule has 0 spiro atoms. The summed E-state index contributed by atoms with van der Waals surface area (Å²) in [6, 6.07) is 13.1. The number of nitrogens with one attached hydrogen (secondary N) is 1. The number of halogens is 4. The fourth-order valence-electron chi connectivity index (χ4n) is 3.24. The van der Waals surface area contributed by atoms with Crippen molar-refractivity contribution in [2.45, 2.75) is 71.6 Å². The first-order chi connectivity index (χ1) is 16.6. The summed E-state index contributed by atoms with van der Waals surface area (Å²) in [5.74, 6) is 0.778. The predicted molar refractivity (Wildman–Crippen MR) is 137 cm³/mol. The third-order valence-electron chi connectivity index (χ3n) is 6.37. The van der Waals surface area contributed by atoms with Crippen molar-refractivity contribution in [3.63, 3.8) is 0 Å². The number of hydrogen-bond donors (Lipinski definition) is 1. The normalized spacial score (nSPS) is 11.7. The second-order valence-corrected chi connectivity index (χ2v) is 9.79. The number of ether oxygens (including phenoxy) is 1. The minimum absolute atomic E-state index is 0.0242. The van der Waals surface area contributed by atoms with Gasteiger partial charge in [0.05, 0.1) is 6.61 Å². The Morgan fingerprint density at radius 1 is 0.972 bits per heavy atom. The summed E-state index contributed by atoms with van der Waals surface area (Å²) in [4.78, 5) is 15.3. The zero-order valence-corrected chi connectivity index (χ0v) is 21.9. The van der Waals surface area contributed by atoms with Gasteiger partial charge >= 0.3 is 12.9 Å². The average molecular weight is 509 g/mol. The summed E-state index contributed by atoms with van der Waals surface area (Å²) in [5.41, 5.74) is 3.69. The monoisotopic (exact) mass is 509 g/mol. The topological polar surface area (TPSA) is 66.5 Å². The lowest BCUT2D eigenvalue weighted by Crippen LogP contribution is -2.25. The van der Waals surface area contributed by atoms with Crippen molar-refractivity contribution in [2.24, 2.45) is 0 Å². The maximum Gasteiger partial charge on any atom is 0.673 e. The van der Waals surface area contributed by atoms with Crippen molar-refractivity contribution in [2.75, 3.05) is 13.2 Å². The maximum atomic E-state index is 12.2. The number of carbonyl (C=O) groups is 1. The Balaban J connectivity index is 0.00000118. The Morgan fingerprint density at radius 2 is 1.53 bits per heavy atom. The molecule has 0 heterocycles. The van der Waals surface area contributed by atoms with Crippen molar-refractivity contribution >= 4 is 18.8 Å². The fraction of sp³-hybridized carbons (Fsp3) is 0.500. The van der Waals surface area contributed by atoms with E-state index in [2.05, 4.69) is 70.0 Å². The molecule has 0 radical (unpaired) electrons. The molecule has 5 nitrogen and oxygen atoms in total. The van der Waals surface area contributed by atoms with Gasteiger partial charge < -0.3 is 27.3 Å². The highest BCUT2D eigenvalue weighted by molar-refractivity contribution is 6.50. The number of diazo groups is 1. The summed E-state index contributed by atoms with van der Waals surface area (Å²) in [5, 5.41) is 11.6. The number of hydrogen-bond acceptors (Lipinski definition) is 3. The average Bonchev–Trinajstić information content (AvgIpc) is 2.82. The lowest BCUT2D eigenvalue weighted by Gasteiger charge is -2.30. The second-order valence-electron chi connectivity index (χ2n) is 9.79. The van der Waals surface area contributed by atoms with Gasteiger partial charge in [-0.1, -0.05) is 53.7 Å². The van der Waals surface area contributed by atoms with Gasteiger partial charge in [-0.05, 0) is 53.9 Å². The van der Waals surface area contributed by atoms with Crippen LogP contribution < -0.4 is 10.1 Å². The number of rotatable bonds is 10. The van der Waals surface area contributed by atoms with E-state index >= 15 is 0 Å². The molecule has 36 heavy (non-hydrogen) atoms. The molecule has 0 bridgehead atoms. The highest BCUT2D eigenvalue weighted by atomic mass is 19.5. The van der Waals surface area contributed by atoms with Crippen molar-refractivity contribution in [1.29, 1.82) is 5.39 Å². The van der Waals surface area contributed by atoms with Gasteiger partial charge in [-0.15, -0.1) is 0 Å². The Kier molecular flexibility index (Phi) is 11.4. The van der Waals surface area contributed by atoms with E-state index in [4.69, 9.17) is 10.1 Å². The Labute approximate surface area is 211 Å². The first kappa shape index (κ1) is 30.9. The standard InChI is InChI=1S/C26H35N3O2.BF4/c1-7-25(3,4)20-12-15-23(22(18-20)26(5,6)8-2)31-17-9-16-28-24(30)19-10-13-21(29-27)14-11-19;2-1(3,4)5/h10-15,18H,7-9,16-17H2,1-6H3;/q;-1/p+1. The summed E-state index contributed by atoms with van der Waals surface area (Å²) in [7, 11) is -6.00. The molecular weight excluding hydrogens is 473 g/mol. The molecule has 0 saturated carbocycles. The van der Waals surface area contributed by atoms with E-state index in [1.165, 1.54) is 11.1 Å². The van der Waals surface area contributed by atoms with Crippen molar-refractivity contribution in [1.82, 2.24) is 5.32 Å². The van der Waals surface area contributed by atoms with Crippen LogP contribution >= 0.6 is 0 Å². The molecule has 0 saturated heterocycles. The molecule has 10 heteroatoms. The molecule has 2 rings (SSSR count). The molecule has 1 amide bonds. The summed E-state index contributed by atoms with van der Waals surface area (Å²) in [6.45, 7) is 14.6. The lowest BCUT2D eigenvalue weighted by molar-refractivity contribution is 0.0951. The summed E-state index contributed by atoms with van der Waals surface area (Å²) in [6.07, 6.45) is 2.82. The molecule has 0 atom stereocenters. The van der Waals surface area contributed by atoms with E-state index < -0.39 is 7.25 Å². The van der Waals surface area contributed by atoms with Crippen LogP contribution in [0.15, 0.2) is 42.5 Å². The Morgan fingerprint density at radius 3 is 2.03 bits per heavy atom. The molecule has 0 unspecified atom stereocenters. The SMILES string of the molecule is CCC(C)(C)c1ccc(OCCCNC(=O)c2ccc([N+]#N)cc2)c(C(C)(C)CC)c1.F[B-](F)(F)F. The number of benzene rings is 2. The molecule has 198 valence electrons. The van der Waals surface area contributed by atoms with Gasteiger partial charge in [-0.25, -0.2) is 0 Å². The van der Waals surface area contributed by atoms with Crippen LogP contribution in [0.1, 0.15) is 82.3 Å². The highest BCUT2D eigenvalue weighted by Crippen LogP contribution is 2.38. The van der Waals surface area contributed by atoms with Crippen molar-refractivity contribution in [3.05, 3.63) is 64.1 Å². The van der Waals surface area contributed by atoms with Crippen LogP contribution in [0.4, 0.5) is 23.0 Å². The number of amides is 1. The quantitative estimate of drug-likeness (QED) is 0.153. The molecule has 0 aromatic heterocycles. The second kappa shape index (κ2) is 13.3. The van der Waals surface area contributed by atoms with Gasteiger partial charge in [0.2, 0.25) is 5.39 Å². The Bertz CT molecular complexity index is 1030. The van der Waals surface area contributed by atoms with Crippen LogP contribution in [0.3, 0.4) is 0 Å². The van der Waals surface area contributed by atoms with Crippen LogP contribution in [-0.2, 0) is 10.8 Å². The minimum Gasteiger partial charge on any atom is -0.493 e. The van der Waals surface area contributed by atoms with E-state index in [0.29, 0.717) is 30.8 Å². The van der Waals surface area contributed by atoms with Crippen LogP contribution in [0.5, 0.6) is 5.75 Å². The van der Waals surface area contributed by atoms with Crippen molar-refractivity contribution in [3.8, 4) is 5.75 Å². The van der Waals surface area contributed by atoms with Gasteiger partial charge in [0.25, 0.3) is 5.91 Å². The molecule has 0 aliphatic carbocycles. The number of nitrogens with zero attached hydrogens (tertiary/aromatic N) is 2. The van der Waals surface area contributed by atoms with E-state index in [0.717, 1.165) is 18.6 Å². The highest BCUT2D eigenvalue weighted by Gasteiger charge is 2.26. The summed E-state index contributed by atoms with van der Waals surface area (Å²) >= 11 is 0. The zero-order chi connectivity index (χ0) is 27.6. The maximum absolute atomic E-state index is 12.2. The van der Waals surface area contributed by atoms with E-state index in [-0.39, 0.29) is 16.7 Å². The lowest BCUT2D eigenvalue weighted by atomic mass is 9.76. The minimum atomic E-state index is -6.00. The van der Waals surface area contributed by atoms with Crippen LogP contribution in [0.25, 0.3) is 4.98 Å². The van der Waals surface area contributed by atoms with Crippen LogP contribution in [0, 0.1) is 5.39 Å². The van der Waals surface area contributed by atoms with E-state index in [1.807, 2.05) is 0 Å². The molecule has 2 aromatic carbocycles. The van der Waals surface area contributed by atoms with Crippen molar-refractivity contribution < 1.29 is 26.8 Å². The fourth-order valence-corrected chi connectivity index (χ4v) is 3.24. The van der Waals surface area contributed by atoms with E-state index in [1.54, 1.807) is 24.3 Å². The third kappa shape index (κ3) is 10.3. The van der Waals surface area contributed by atoms with E-state index in [9.17, 15) is 22.1 Å². The van der Waals surface area contributed by atoms with Crippen LogP contribution in [0.2, 0.25) is 0 Å². The molecule has 0 aliphatic heterocycles. The largest absolute Gasteiger partial charge is 0.673 e. The van der Waals surface area contributed by atoms with Gasteiger partial charge in [0.1, 0.15) is 5.75 Å². The third-order valence-corrected chi connectivity index (χ3v) is 6.37.